The first-order valence-electron chi connectivity index (χ1n) is 9.52. The van der Waals surface area contributed by atoms with Gasteiger partial charge < -0.3 is 5.11 Å². The van der Waals surface area contributed by atoms with E-state index >= 15 is 0 Å². The van der Waals surface area contributed by atoms with Crippen molar-refractivity contribution < 1.29 is 23.6 Å². The normalized spacial score (nSPS) is 47.9. The molecule has 1 fully saturated rings. The van der Waals surface area contributed by atoms with Crippen LogP contribution in [0.4, 0.5) is 0 Å². The molecule has 0 bridgehead atoms. The summed E-state index contributed by atoms with van der Waals surface area (Å²) in [6.07, 6.45) is -17.8. The summed E-state index contributed by atoms with van der Waals surface area (Å²) in [4.78, 5) is 12.1. The summed E-state index contributed by atoms with van der Waals surface area (Å²) in [5.74, 6) is -2.80. The quantitative estimate of drug-likeness (QED) is 0.819. The van der Waals surface area contributed by atoms with Gasteiger partial charge in [-0.2, -0.15) is 11.8 Å². The highest BCUT2D eigenvalue weighted by Gasteiger charge is 2.40. The Balaban J connectivity index is 3.87. The number of hydrogen-bond donors (Lipinski definition) is 1. The average Bonchev–Trinajstić information content (AvgIpc) is 2.34. The molecule has 88 valence electrons. The Morgan fingerprint density at radius 2 is 1.93 bits per heavy atom. The molecule has 3 heteroatoms. The second kappa shape index (κ2) is 4.77. The van der Waals surface area contributed by atoms with Crippen molar-refractivity contribution in [3.63, 3.8) is 0 Å². The number of hydrogen-bond acceptors (Lipinski definition) is 2. The maximum atomic E-state index is 12.1. The lowest BCUT2D eigenvalue weighted by Crippen LogP contribution is -2.36. The highest BCUT2D eigenvalue weighted by molar-refractivity contribution is 8.00. The predicted octanol–water partition coefficient (Wildman–Crippen LogP) is 3.55. The molecule has 0 atom stereocenters. The predicted molar refractivity (Wildman–Crippen MR) is 65.4 cm³/mol. The van der Waals surface area contributed by atoms with Crippen molar-refractivity contribution in [1.29, 1.82) is 0 Å². The van der Waals surface area contributed by atoms with Gasteiger partial charge in [-0.3, -0.25) is 4.79 Å². The Labute approximate surface area is 111 Å². The second-order valence-electron chi connectivity index (χ2n) is 4.24. The van der Waals surface area contributed by atoms with E-state index in [9.17, 15) is 9.90 Å². The fourth-order valence-corrected chi connectivity index (χ4v) is 1.82. The third-order valence-electron chi connectivity index (χ3n) is 1.76. The topological polar surface area (TPSA) is 37.3 Å². The van der Waals surface area contributed by atoms with Crippen LogP contribution in [0.3, 0.4) is 0 Å². The summed E-state index contributed by atoms with van der Waals surface area (Å²) in [7, 11) is 0. The van der Waals surface area contributed by atoms with Crippen LogP contribution >= 0.6 is 11.8 Å². The Morgan fingerprint density at radius 3 is 2.33 bits per heavy atom. The maximum absolute atomic E-state index is 12.1. The van der Waals surface area contributed by atoms with Gasteiger partial charge in [-0.15, -0.1) is 0 Å². The molecule has 0 heterocycles. The van der Waals surface area contributed by atoms with E-state index in [1.807, 2.05) is 0 Å². The average molecular weight is 240 g/mol. The van der Waals surface area contributed by atoms with Crippen molar-refractivity contribution in [2.24, 2.45) is 5.41 Å². The number of rotatable bonds is 3. The van der Waals surface area contributed by atoms with Gasteiger partial charge >= 0.3 is 5.97 Å². The van der Waals surface area contributed by atoms with Crippen LogP contribution < -0.4 is 0 Å². The summed E-state index contributed by atoms with van der Waals surface area (Å²) >= 11 is 0.857. The van der Waals surface area contributed by atoms with E-state index in [0.29, 0.717) is 0 Å². The molecule has 0 aromatic rings. The molecule has 1 aliphatic rings. The van der Waals surface area contributed by atoms with Crippen LogP contribution in [0.15, 0.2) is 0 Å². The van der Waals surface area contributed by atoms with Crippen molar-refractivity contribution in [1.82, 2.24) is 0 Å². The fourth-order valence-electron chi connectivity index (χ4n) is 0.904. The standard InChI is InChI=1S/C12H22O2S/c1-11(2,3)15-9-12(10(13)14)7-5-4-6-8-12/h4-9H2,1-3H3,(H,13,14)/i4D2,5D2,6D2,7D2,8D2. The smallest absolute Gasteiger partial charge is 0.310 e. The molecule has 1 aliphatic carbocycles. The fraction of sp³-hybridized carbons (Fsp3) is 0.917. The van der Waals surface area contributed by atoms with Gasteiger partial charge in [0.05, 0.1) is 5.41 Å². The number of thioether (sulfide) groups is 1. The van der Waals surface area contributed by atoms with Crippen molar-refractivity contribution in [3.8, 4) is 0 Å². The van der Waals surface area contributed by atoms with Gasteiger partial charge in [0.1, 0.15) is 0 Å². The molecule has 2 nitrogen and oxygen atoms in total. The lowest BCUT2D eigenvalue weighted by Gasteiger charge is -2.34. The molecule has 0 aromatic heterocycles. The minimum absolute atomic E-state index is 0.634. The van der Waals surface area contributed by atoms with Crippen LogP contribution in [0, 0.1) is 5.41 Å². The monoisotopic (exact) mass is 240 g/mol. The zero-order valence-corrected chi connectivity index (χ0v) is 9.79. The molecule has 0 amide bonds. The Hall–Kier alpha value is -0.180. The second-order valence-corrected chi connectivity index (χ2v) is 6.04. The third-order valence-corrected chi connectivity index (χ3v) is 3.21. The summed E-state index contributed by atoms with van der Waals surface area (Å²) in [6.45, 7) is 5.01. The largest absolute Gasteiger partial charge is 0.481 e. The van der Waals surface area contributed by atoms with Gasteiger partial charge in [-0.25, -0.2) is 0 Å². The Bertz CT molecular complexity index is 537. The summed E-state index contributed by atoms with van der Waals surface area (Å²) < 4.78 is 78.9. The molecule has 0 aliphatic heterocycles. The molecule has 1 N–H and O–H groups in total. The summed E-state index contributed by atoms with van der Waals surface area (Å²) in [5.41, 5.74) is -3.14. The molecule has 0 unspecified atom stereocenters. The van der Waals surface area contributed by atoms with Gasteiger partial charge in [0, 0.05) is 24.2 Å². The lowest BCUT2D eigenvalue weighted by molar-refractivity contribution is -0.149. The molecule has 1 rings (SSSR count). The van der Waals surface area contributed by atoms with Crippen LogP contribution in [0.1, 0.15) is 66.3 Å². The van der Waals surface area contributed by atoms with E-state index in [0.717, 1.165) is 11.8 Å². The van der Waals surface area contributed by atoms with Crippen molar-refractivity contribution in [2.45, 2.75) is 57.4 Å². The van der Waals surface area contributed by atoms with Gasteiger partial charge in [-0.1, -0.05) is 39.9 Å². The zero-order valence-electron chi connectivity index (χ0n) is 19.0. The van der Waals surface area contributed by atoms with Gasteiger partial charge in [0.2, 0.25) is 0 Å². The van der Waals surface area contributed by atoms with Crippen LogP contribution in [-0.2, 0) is 4.79 Å². The molecular formula is C12H22O2S. The number of carboxylic acids is 1. The van der Waals surface area contributed by atoms with E-state index in [1.165, 1.54) is 0 Å². The maximum Gasteiger partial charge on any atom is 0.310 e. The molecule has 0 aromatic carbocycles. The Morgan fingerprint density at radius 1 is 1.40 bits per heavy atom. The highest BCUT2D eigenvalue weighted by atomic mass is 32.2. The van der Waals surface area contributed by atoms with Gasteiger partial charge in [-0.05, 0) is 12.7 Å². The molecular weight excluding hydrogens is 208 g/mol. The first-order chi connectivity index (χ1) is 10.7. The van der Waals surface area contributed by atoms with Crippen LogP contribution in [0.25, 0.3) is 0 Å². The number of carboxylic acid groups (broad SMARTS) is 1. The molecule has 15 heavy (non-hydrogen) atoms. The summed E-state index contributed by atoms with van der Waals surface area (Å²) in [6, 6.07) is 0. The third kappa shape index (κ3) is 3.71. The molecule has 1 saturated carbocycles. The lowest BCUT2D eigenvalue weighted by atomic mass is 9.76. The summed E-state index contributed by atoms with van der Waals surface area (Å²) in [5, 5.41) is 9.74. The van der Waals surface area contributed by atoms with E-state index < -0.39 is 53.7 Å². The number of aliphatic carboxylic acids is 1. The Kier molecular flexibility index (Phi) is 1.46. The van der Waals surface area contributed by atoms with Crippen molar-refractivity contribution in [2.75, 3.05) is 5.75 Å². The number of carbonyl (C=O) groups is 1. The van der Waals surface area contributed by atoms with E-state index in [2.05, 4.69) is 0 Å². The van der Waals surface area contributed by atoms with Gasteiger partial charge in [0.15, 0.2) is 0 Å². The first kappa shape index (κ1) is 4.59. The molecule has 0 spiro atoms. The SMILES string of the molecule is [2H]C1([2H])C([2H])([2H])C([2H])([2H])C(CSC(C)(C)C)(C(=O)O)C([2H])([2H])C1([2H])[2H]. The first-order valence-corrected chi connectivity index (χ1v) is 5.51. The van der Waals surface area contributed by atoms with Crippen LogP contribution in [0.2, 0.25) is 0 Å². The zero-order chi connectivity index (χ0) is 20.5. The minimum atomic E-state index is -3.60. The van der Waals surface area contributed by atoms with E-state index in [1.54, 1.807) is 20.8 Å². The van der Waals surface area contributed by atoms with Gasteiger partial charge in [0.25, 0.3) is 0 Å². The minimum Gasteiger partial charge on any atom is -0.481 e. The molecule has 0 radical (unpaired) electrons. The van der Waals surface area contributed by atoms with Crippen LogP contribution in [0.5, 0.6) is 0 Å². The van der Waals surface area contributed by atoms with Crippen LogP contribution in [-0.4, -0.2) is 21.6 Å². The van der Waals surface area contributed by atoms with E-state index in [4.69, 9.17) is 13.7 Å². The molecule has 0 saturated heterocycles. The highest BCUT2D eigenvalue weighted by Crippen LogP contribution is 2.41. The van der Waals surface area contributed by atoms with Crippen molar-refractivity contribution >= 4 is 17.7 Å². The van der Waals surface area contributed by atoms with Crippen molar-refractivity contribution in [3.05, 3.63) is 0 Å². The van der Waals surface area contributed by atoms with E-state index in [-0.39, 0.29) is 0 Å².